The Kier molecular flexibility index (Phi) is 6.66. The molecule has 0 saturated carbocycles. The normalized spacial score (nSPS) is 10.6. The number of rotatable bonds is 7. The summed E-state index contributed by atoms with van der Waals surface area (Å²) in [7, 11) is 1.75. The number of nitrogens with one attached hydrogen (secondary N) is 2. The summed E-state index contributed by atoms with van der Waals surface area (Å²) in [5, 5.41) is 16.8. The van der Waals surface area contributed by atoms with Crippen LogP contribution in [0, 0.1) is 6.92 Å². The minimum absolute atomic E-state index is 0.0380. The Hall–Kier alpha value is -4.09. The molecule has 0 unspecified atom stereocenters. The van der Waals surface area contributed by atoms with Crippen molar-refractivity contribution in [3.05, 3.63) is 112 Å². The first-order valence-electron chi connectivity index (χ1n) is 10.7. The number of hydrogen-bond donors (Lipinski definition) is 3. The number of carbonyl (C=O) groups excluding carboxylic acids is 1. The zero-order valence-electron chi connectivity index (χ0n) is 18.7. The van der Waals surface area contributed by atoms with Gasteiger partial charge in [-0.05, 0) is 72.1 Å². The fourth-order valence-corrected chi connectivity index (χ4v) is 3.98. The third-order valence-corrected chi connectivity index (χ3v) is 5.76. The van der Waals surface area contributed by atoms with Crippen LogP contribution in [0.25, 0.3) is 11.1 Å². The Morgan fingerprint density at radius 2 is 1.44 bits per heavy atom. The number of carboxylic acids is 1. The quantitative estimate of drug-likeness (QED) is 0.253. The predicted octanol–water partition coefficient (Wildman–Crippen LogP) is 7.03. The van der Waals surface area contributed by atoms with Crippen molar-refractivity contribution in [3.8, 4) is 11.1 Å². The van der Waals surface area contributed by atoms with Gasteiger partial charge in [0.25, 0.3) is 0 Å². The van der Waals surface area contributed by atoms with Crippen molar-refractivity contribution < 1.29 is 14.7 Å². The van der Waals surface area contributed by atoms with Crippen molar-refractivity contribution in [2.24, 2.45) is 0 Å². The fraction of sp³-hybridized carbons (Fsp3) is 0.0714. The van der Waals surface area contributed by atoms with Crippen LogP contribution in [0.3, 0.4) is 0 Å². The van der Waals surface area contributed by atoms with Crippen LogP contribution in [-0.4, -0.2) is 23.9 Å². The van der Waals surface area contributed by atoms with E-state index in [2.05, 4.69) is 10.6 Å². The molecule has 0 aliphatic rings. The van der Waals surface area contributed by atoms with E-state index in [1.165, 1.54) is 0 Å². The van der Waals surface area contributed by atoms with Crippen molar-refractivity contribution in [1.82, 2.24) is 0 Å². The molecule has 0 radical (unpaired) electrons. The first-order valence-corrected chi connectivity index (χ1v) is 11.1. The van der Waals surface area contributed by atoms with E-state index in [0.29, 0.717) is 27.5 Å². The van der Waals surface area contributed by atoms with Crippen LogP contribution >= 0.6 is 11.6 Å². The van der Waals surface area contributed by atoms with Gasteiger partial charge in [-0.1, -0.05) is 48.0 Å². The van der Waals surface area contributed by atoms with Gasteiger partial charge in [-0.2, -0.15) is 0 Å². The summed E-state index contributed by atoms with van der Waals surface area (Å²) in [6, 6.07) is 25.5. The average Bonchev–Trinajstić information content (AvgIpc) is 2.85. The fourth-order valence-electron chi connectivity index (χ4n) is 3.85. The molecule has 0 aromatic heterocycles. The second kappa shape index (κ2) is 9.81. The third kappa shape index (κ3) is 4.80. The number of carbonyl (C=O) groups is 2. The van der Waals surface area contributed by atoms with Crippen molar-refractivity contribution in [1.29, 1.82) is 0 Å². The standard InChI is InChI=1S/C28H23ClN2O3/c1-17-14-23(26(24(15-17)28(33)34)31-21-6-4-3-5-7-21)27(32)22-13-10-19(16-25(22)30-2)18-8-11-20(29)12-9-18/h3-16,30-31H,1-2H3,(H,33,34). The highest BCUT2D eigenvalue weighted by Crippen LogP contribution is 2.33. The molecule has 0 aliphatic heterocycles. The lowest BCUT2D eigenvalue weighted by Crippen LogP contribution is -2.13. The zero-order valence-corrected chi connectivity index (χ0v) is 19.5. The summed E-state index contributed by atoms with van der Waals surface area (Å²) in [6.07, 6.45) is 0. The molecule has 0 fully saturated rings. The second-order valence-corrected chi connectivity index (χ2v) is 8.31. The van der Waals surface area contributed by atoms with Gasteiger partial charge in [-0.25, -0.2) is 4.79 Å². The number of para-hydroxylation sites is 1. The molecule has 0 aliphatic carbocycles. The van der Waals surface area contributed by atoms with E-state index < -0.39 is 5.97 Å². The maximum atomic E-state index is 13.8. The maximum absolute atomic E-state index is 13.8. The average molecular weight is 471 g/mol. The summed E-state index contributed by atoms with van der Waals surface area (Å²) in [5.41, 5.74) is 4.94. The molecule has 0 saturated heterocycles. The van der Waals surface area contributed by atoms with E-state index in [4.69, 9.17) is 11.6 Å². The highest BCUT2D eigenvalue weighted by atomic mass is 35.5. The Bertz CT molecular complexity index is 1370. The smallest absolute Gasteiger partial charge is 0.337 e. The first-order chi connectivity index (χ1) is 16.4. The summed E-state index contributed by atoms with van der Waals surface area (Å²) in [5.74, 6) is -1.39. The van der Waals surface area contributed by atoms with Crippen LogP contribution in [0.5, 0.6) is 0 Å². The van der Waals surface area contributed by atoms with E-state index in [1.54, 1.807) is 32.2 Å². The van der Waals surface area contributed by atoms with Gasteiger partial charge in [-0.15, -0.1) is 0 Å². The molecule has 4 aromatic carbocycles. The molecule has 0 bridgehead atoms. The molecular weight excluding hydrogens is 448 g/mol. The molecule has 0 amide bonds. The molecule has 5 nitrogen and oxygen atoms in total. The number of benzene rings is 4. The molecular formula is C28H23ClN2O3. The number of ketones is 1. The Labute approximate surface area is 203 Å². The SMILES string of the molecule is CNc1cc(-c2ccc(Cl)cc2)ccc1C(=O)c1cc(C)cc(C(=O)O)c1Nc1ccccc1. The van der Waals surface area contributed by atoms with Crippen LogP contribution in [0.1, 0.15) is 31.8 Å². The lowest BCUT2D eigenvalue weighted by Gasteiger charge is -2.17. The van der Waals surface area contributed by atoms with Crippen molar-refractivity contribution in [2.45, 2.75) is 6.92 Å². The third-order valence-electron chi connectivity index (χ3n) is 5.51. The van der Waals surface area contributed by atoms with Gasteiger partial charge < -0.3 is 15.7 Å². The molecule has 170 valence electrons. The molecule has 0 atom stereocenters. The number of aryl methyl sites for hydroxylation is 1. The lowest BCUT2D eigenvalue weighted by molar-refractivity contribution is 0.0698. The van der Waals surface area contributed by atoms with Gasteiger partial charge in [0.1, 0.15) is 0 Å². The van der Waals surface area contributed by atoms with Crippen LogP contribution in [0.2, 0.25) is 5.02 Å². The summed E-state index contributed by atoms with van der Waals surface area (Å²) in [4.78, 5) is 25.8. The summed E-state index contributed by atoms with van der Waals surface area (Å²) >= 11 is 6.01. The zero-order chi connectivity index (χ0) is 24.2. The Balaban J connectivity index is 1.82. The van der Waals surface area contributed by atoms with Gasteiger partial charge in [0.15, 0.2) is 5.78 Å². The molecule has 6 heteroatoms. The largest absolute Gasteiger partial charge is 0.478 e. The second-order valence-electron chi connectivity index (χ2n) is 7.88. The Morgan fingerprint density at radius 3 is 2.09 bits per heavy atom. The van der Waals surface area contributed by atoms with Crippen LogP contribution in [-0.2, 0) is 0 Å². The highest BCUT2D eigenvalue weighted by molar-refractivity contribution is 6.30. The van der Waals surface area contributed by atoms with Gasteiger partial charge in [-0.3, -0.25) is 4.79 Å². The summed E-state index contributed by atoms with van der Waals surface area (Å²) < 4.78 is 0. The van der Waals surface area contributed by atoms with E-state index in [9.17, 15) is 14.7 Å². The topological polar surface area (TPSA) is 78.4 Å². The van der Waals surface area contributed by atoms with E-state index in [0.717, 1.165) is 11.1 Å². The Morgan fingerprint density at radius 1 is 0.794 bits per heavy atom. The van der Waals surface area contributed by atoms with E-state index in [1.807, 2.05) is 66.7 Å². The minimum atomic E-state index is -1.11. The number of halogens is 1. The van der Waals surface area contributed by atoms with Gasteiger partial charge in [0, 0.05) is 34.6 Å². The molecule has 0 heterocycles. The molecule has 3 N–H and O–H groups in total. The van der Waals surface area contributed by atoms with E-state index >= 15 is 0 Å². The molecule has 0 spiro atoms. The van der Waals surface area contributed by atoms with Crippen LogP contribution in [0.15, 0.2) is 84.9 Å². The summed E-state index contributed by atoms with van der Waals surface area (Å²) in [6.45, 7) is 1.78. The van der Waals surface area contributed by atoms with Gasteiger partial charge in [0.2, 0.25) is 0 Å². The predicted molar refractivity (Wildman–Crippen MR) is 138 cm³/mol. The lowest BCUT2D eigenvalue weighted by atomic mass is 9.93. The molecule has 34 heavy (non-hydrogen) atoms. The highest BCUT2D eigenvalue weighted by Gasteiger charge is 2.23. The van der Waals surface area contributed by atoms with Crippen LogP contribution in [0.4, 0.5) is 17.1 Å². The number of carboxylic acid groups (broad SMARTS) is 1. The van der Waals surface area contributed by atoms with Crippen molar-refractivity contribution in [3.63, 3.8) is 0 Å². The van der Waals surface area contributed by atoms with Crippen molar-refractivity contribution in [2.75, 3.05) is 17.7 Å². The monoisotopic (exact) mass is 470 g/mol. The van der Waals surface area contributed by atoms with E-state index in [-0.39, 0.29) is 22.6 Å². The maximum Gasteiger partial charge on any atom is 0.337 e. The number of hydrogen-bond acceptors (Lipinski definition) is 4. The molecule has 4 aromatic rings. The number of aromatic carboxylic acids is 1. The van der Waals surface area contributed by atoms with Gasteiger partial charge in [0.05, 0.1) is 11.3 Å². The van der Waals surface area contributed by atoms with Crippen molar-refractivity contribution >= 4 is 40.4 Å². The van der Waals surface area contributed by atoms with Gasteiger partial charge >= 0.3 is 5.97 Å². The minimum Gasteiger partial charge on any atom is -0.478 e. The first kappa shape index (κ1) is 23.1. The van der Waals surface area contributed by atoms with Crippen LogP contribution < -0.4 is 10.6 Å². The number of anilines is 3. The molecule has 4 rings (SSSR count).